The highest BCUT2D eigenvalue weighted by Crippen LogP contribution is 2.24. The Morgan fingerprint density at radius 3 is 1.16 bits per heavy atom. The lowest BCUT2D eigenvalue weighted by Gasteiger charge is -2.06. The first-order chi connectivity index (χ1) is 18.2. The third kappa shape index (κ3) is 6.35. The van der Waals surface area contributed by atoms with Crippen molar-refractivity contribution < 1.29 is 25.2 Å². The van der Waals surface area contributed by atoms with Crippen molar-refractivity contribution in [1.29, 1.82) is 0 Å². The molecule has 0 N–H and O–H groups in total. The molecule has 0 saturated heterocycles. The molecule has 0 aliphatic carbocycles. The summed E-state index contributed by atoms with van der Waals surface area (Å²) in [5.41, 5.74) is 4.98. The second-order valence-corrected chi connectivity index (χ2v) is 11.6. The first-order valence-electron chi connectivity index (χ1n) is 11.6. The minimum Gasteiger partial charge on any atom is -0.270 e. The van der Waals surface area contributed by atoms with E-state index >= 15 is 0 Å². The van der Waals surface area contributed by atoms with Crippen LogP contribution in [0.3, 0.4) is 0 Å². The zero-order valence-corrected chi connectivity index (χ0v) is 22.4. The number of hydrogen-bond donors (Lipinski definition) is 0. The molecular weight excluding hydrogens is 520 g/mol. The van der Waals surface area contributed by atoms with Crippen LogP contribution in [0.4, 0.5) is 0 Å². The molecule has 0 aromatic heterocycles. The van der Waals surface area contributed by atoms with Gasteiger partial charge in [0.1, 0.15) is 9.79 Å². The van der Waals surface area contributed by atoms with Crippen LogP contribution < -0.4 is 0 Å². The minimum atomic E-state index is -3.80. The van der Waals surface area contributed by atoms with Gasteiger partial charge < -0.3 is 0 Å². The summed E-state index contributed by atoms with van der Waals surface area (Å²) in [6.07, 6.45) is 7.20. The summed E-state index contributed by atoms with van der Waals surface area (Å²) >= 11 is 0. The Morgan fingerprint density at radius 1 is 0.474 bits per heavy atom. The third-order valence-electron chi connectivity index (χ3n) is 5.88. The molecule has 8 heteroatoms. The molecule has 0 aliphatic heterocycles. The van der Waals surface area contributed by atoms with E-state index in [1.54, 1.807) is 48.6 Å². The van der Waals surface area contributed by atoms with Crippen LogP contribution in [0.15, 0.2) is 107 Å². The maximum Gasteiger partial charge on any atom is 0.297 e. The maximum atomic E-state index is 12.1. The minimum absolute atomic E-state index is 0.119. The van der Waals surface area contributed by atoms with Crippen LogP contribution in [0, 0.1) is 0 Å². The molecule has 194 valence electrons. The van der Waals surface area contributed by atoms with Crippen molar-refractivity contribution in [2.24, 2.45) is 0 Å². The summed E-state index contributed by atoms with van der Waals surface area (Å²) < 4.78 is 57.9. The van der Waals surface area contributed by atoms with E-state index in [4.69, 9.17) is 0 Å². The Morgan fingerprint density at radius 2 is 0.816 bits per heavy atom. The average Bonchev–Trinajstić information content (AvgIpc) is 2.96. The smallest absolute Gasteiger partial charge is 0.270 e. The predicted octanol–water partition coefficient (Wildman–Crippen LogP) is 6.36. The molecule has 0 saturated carbocycles. The molecule has 6 nitrogen and oxygen atoms in total. The van der Waals surface area contributed by atoms with Gasteiger partial charge in [0.2, 0.25) is 0 Å². The Hall–Kier alpha value is -3.82. The molecule has 0 bridgehead atoms. The van der Waals surface area contributed by atoms with Crippen LogP contribution in [0.25, 0.3) is 35.4 Å². The molecule has 0 unspecified atom stereocenters. The molecule has 0 aliphatic rings. The van der Waals surface area contributed by atoms with Crippen LogP contribution in [0.2, 0.25) is 0 Å². The van der Waals surface area contributed by atoms with Crippen molar-refractivity contribution in [1.82, 2.24) is 0 Å². The van der Waals surface area contributed by atoms with E-state index in [2.05, 4.69) is 8.37 Å². The number of benzene rings is 4. The van der Waals surface area contributed by atoms with E-state index in [0.717, 1.165) is 36.5 Å². The zero-order chi connectivity index (χ0) is 27.2. The van der Waals surface area contributed by atoms with E-state index in [1.165, 1.54) is 12.1 Å². The van der Waals surface area contributed by atoms with Crippen LogP contribution in [0.1, 0.15) is 22.3 Å². The summed E-state index contributed by atoms with van der Waals surface area (Å²) in [5.74, 6) is 0. The lowest BCUT2D eigenvalue weighted by molar-refractivity contribution is 0.396. The Bertz CT molecular complexity index is 1560. The van der Waals surface area contributed by atoms with E-state index in [0.29, 0.717) is 11.1 Å². The SMILES string of the molecule is COS(=O)(=O)c1ccccc1/C=C/c1ccc(-c2ccc(/C=C/c3ccccc3S(=O)(=O)OC)cc2)cc1. The quantitative estimate of drug-likeness (QED) is 0.179. The molecule has 4 aromatic rings. The fraction of sp³-hybridized carbons (Fsp3) is 0.0667. The largest absolute Gasteiger partial charge is 0.297 e. The van der Waals surface area contributed by atoms with E-state index in [9.17, 15) is 16.8 Å². The highest BCUT2D eigenvalue weighted by Gasteiger charge is 2.16. The molecule has 0 spiro atoms. The van der Waals surface area contributed by atoms with Gasteiger partial charge in [-0.05, 0) is 45.5 Å². The van der Waals surface area contributed by atoms with Crippen molar-refractivity contribution in [3.05, 3.63) is 119 Å². The Labute approximate surface area is 223 Å². The van der Waals surface area contributed by atoms with Gasteiger partial charge in [0.05, 0.1) is 14.2 Å². The van der Waals surface area contributed by atoms with Crippen molar-refractivity contribution in [2.75, 3.05) is 14.2 Å². The van der Waals surface area contributed by atoms with Gasteiger partial charge >= 0.3 is 0 Å². The van der Waals surface area contributed by atoms with Gasteiger partial charge in [-0.1, -0.05) is 109 Å². The topological polar surface area (TPSA) is 86.7 Å². The lowest BCUT2D eigenvalue weighted by atomic mass is 10.0. The first kappa shape index (κ1) is 27.2. The normalized spacial score (nSPS) is 12.4. The summed E-state index contributed by atoms with van der Waals surface area (Å²) in [7, 11) is -5.31. The predicted molar refractivity (Wildman–Crippen MR) is 151 cm³/mol. The van der Waals surface area contributed by atoms with Crippen LogP contribution in [-0.4, -0.2) is 31.1 Å². The van der Waals surface area contributed by atoms with E-state index in [-0.39, 0.29) is 9.79 Å². The first-order valence-corrected chi connectivity index (χ1v) is 14.4. The highest BCUT2D eigenvalue weighted by molar-refractivity contribution is 7.87. The van der Waals surface area contributed by atoms with E-state index < -0.39 is 20.2 Å². The standard InChI is InChI=1S/C30H26O6S2/c1-35-37(31,32)29-9-5-3-7-27(29)21-15-23-11-17-25(18-12-23)26-19-13-24(14-20-26)16-22-28-8-4-6-10-30(28)38(33,34)36-2/h3-22H,1-2H3/b21-15+,22-16+. The molecule has 4 aromatic carbocycles. The molecule has 0 fully saturated rings. The molecule has 0 atom stereocenters. The lowest BCUT2D eigenvalue weighted by Crippen LogP contribution is -2.04. The summed E-state index contributed by atoms with van der Waals surface area (Å²) in [6.45, 7) is 0. The Balaban J connectivity index is 1.49. The second kappa shape index (κ2) is 11.7. The number of hydrogen-bond acceptors (Lipinski definition) is 6. The van der Waals surface area contributed by atoms with Gasteiger partial charge in [-0.15, -0.1) is 0 Å². The molecular formula is C30H26O6S2. The highest BCUT2D eigenvalue weighted by atomic mass is 32.2. The van der Waals surface area contributed by atoms with Gasteiger partial charge in [0, 0.05) is 0 Å². The zero-order valence-electron chi connectivity index (χ0n) is 20.8. The fourth-order valence-electron chi connectivity index (χ4n) is 3.82. The molecule has 4 rings (SSSR count). The van der Waals surface area contributed by atoms with Gasteiger partial charge in [-0.25, -0.2) is 0 Å². The van der Waals surface area contributed by atoms with Crippen LogP contribution >= 0.6 is 0 Å². The van der Waals surface area contributed by atoms with Crippen molar-refractivity contribution in [2.45, 2.75) is 9.79 Å². The monoisotopic (exact) mass is 546 g/mol. The van der Waals surface area contributed by atoms with Crippen molar-refractivity contribution in [3.63, 3.8) is 0 Å². The van der Waals surface area contributed by atoms with Crippen LogP contribution in [0.5, 0.6) is 0 Å². The van der Waals surface area contributed by atoms with Crippen molar-refractivity contribution in [3.8, 4) is 11.1 Å². The summed E-state index contributed by atoms with van der Waals surface area (Å²) in [4.78, 5) is 0.238. The van der Waals surface area contributed by atoms with Gasteiger partial charge in [0.25, 0.3) is 20.2 Å². The Kier molecular flexibility index (Phi) is 8.38. The summed E-state index contributed by atoms with van der Waals surface area (Å²) in [5, 5.41) is 0. The summed E-state index contributed by atoms with van der Waals surface area (Å²) in [6, 6.07) is 29.2. The third-order valence-corrected chi connectivity index (χ3v) is 8.58. The molecule has 38 heavy (non-hydrogen) atoms. The van der Waals surface area contributed by atoms with E-state index in [1.807, 2.05) is 60.7 Å². The molecule has 0 heterocycles. The fourth-order valence-corrected chi connectivity index (χ4v) is 5.52. The van der Waals surface area contributed by atoms with Gasteiger partial charge in [-0.3, -0.25) is 8.37 Å². The van der Waals surface area contributed by atoms with Gasteiger partial charge in [-0.2, -0.15) is 16.8 Å². The molecule has 0 radical (unpaired) electrons. The average molecular weight is 547 g/mol. The number of rotatable bonds is 9. The second-order valence-electron chi connectivity index (χ2n) is 8.23. The maximum absolute atomic E-state index is 12.1. The van der Waals surface area contributed by atoms with Gasteiger partial charge in [0.15, 0.2) is 0 Å². The molecule has 0 amide bonds. The van der Waals surface area contributed by atoms with Crippen molar-refractivity contribution >= 4 is 44.5 Å². The van der Waals surface area contributed by atoms with Crippen LogP contribution in [-0.2, 0) is 28.6 Å².